The van der Waals surface area contributed by atoms with Crippen molar-refractivity contribution < 1.29 is 0 Å². The number of benzene rings is 1. The van der Waals surface area contributed by atoms with Crippen LogP contribution >= 0.6 is 17.0 Å². The Morgan fingerprint density at radius 3 is 1.80 bits per heavy atom. The lowest BCUT2D eigenvalue weighted by Gasteiger charge is -2.01. The Kier molecular flexibility index (Phi) is 4.37. The number of hydrogen-bond donors (Lipinski definition) is 0. The fraction of sp³-hybridized carbons (Fsp3) is 0.333. The van der Waals surface area contributed by atoms with Gasteiger partial charge >= 0.3 is 0 Å². The van der Waals surface area contributed by atoms with Crippen molar-refractivity contribution in [2.75, 3.05) is 0 Å². The molecule has 1 aromatic carbocycles. The third-order valence-corrected chi connectivity index (χ3v) is 1.47. The summed E-state index contributed by atoms with van der Waals surface area (Å²) in [6.45, 7) is 4.41. The van der Waals surface area contributed by atoms with E-state index in [9.17, 15) is 0 Å². The summed E-state index contributed by atoms with van der Waals surface area (Å²) in [5.41, 5.74) is 1.41. The standard InChI is InChI=1S/C9H12.BrH/c1-8(2)9-6-4-3-5-7-9;/h3-8H,1-2H3;1H. The van der Waals surface area contributed by atoms with Gasteiger partial charge in [0, 0.05) is 0 Å². The Labute approximate surface area is 73.0 Å². The van der Waals surface area contributed by atoms with Gasteiger partial charge in [0.15, 0.2) is 0 Å². The van der Waals surface area contributed by atoms with Crippen LogP contribution in [0.3, 0.4) is 0 Å². The van der Waals surface area contributed by atoms with Crippen LogP contribution in [0.25, 0.3) is 0 Å². The zero-order valence-corrected chi connectivity index (χ0v) is 8.09. The normalized spacial score (nSPS) is 9.10. The molecule has 0 bridgehead atoms. The number of rotatable bonds is 1. The van der Waals surface area contributed by atoms with Gasteiger partial charge in [0.25, 0.3) is 0 Å². The van der Waals surface area contributed by atoms with E-state index >= 15 is 0 Å². The van der Waals surface area contributed by atoms with Gasteiger partial charge in [-0.3, -0.25) is 0 Å². The third kappa shape index (κ3) is 2.53. The minimum absolute atomic E-state index is 0. The van der Waals surface area contributed by atoms with Crippen molar-refractivity contribution in [1.82, 2.24) is 0 Å². The lowest BCUT2D eigenvalue weighted by molar-refractivity contribution is 0.867. The molecule has 1 aromatic rings. The largest absolute Gasteiger partial charge is 0.114 e. The van der Waals surface area contributed by atoms with Crippen molar-refractivity contribution in [2.45, 2.75) is 19.8 Å². The zero-order valence-electron chi connectivity index (χ0n) is 6.37. The zero-order chi connectivity index (χ0) is 6.69. The van der Waals surface area contributed by atoms with E-state index in [-0.39, 0.29) is 17.0 Å². The molecule has 0 heterocycles. The van der Waals surface area contributed by atoms with Crippen LogP contribution in [0.1, 0.15) is 25.3 Å². The quantitative estimate of drug-likeness (QED) is 0.653. The summed E-state index contributed by atoms with van der Waals surface area (Å²) in [7, 11) is 0. The lowest BCUT2D eigenvalue weighted by Crippen LogP contribution is -1.83. The third-order valence-electron chi connectivity index (χ3n) is 1.47. The summed E-state index contributed by atoms with van der Waals surface area (Å²) < 4.78 is 0. The van der Waals surface area contributed by atoms with Crippen LogP contribution in [-0.4, -0.2) is 0 Å². The highest BCUT2D eigenvalue weighted by Gasteiger charge is 1.93. The molecule has 0 aliphatic carbocycles. The average molecular weight is 201 g/mol. The summed E-state index contributed by atoms with van der Waals surface area (Å²) in [5, 5.41) is 0. The van der Waals surface area contributed by atoms with E-state index < -0.39 is 0 Å². The van der Waals surface area contributed by atoms with E-state index in [0.717, 1.165) is 0 Å². The van der Waals surface area contributed by atoms with Crippen LogP contribution in [0.2, 0.25) is 0 Å². The van der Waals surface area contributed by atoms with Crippen molar-refractivity contribution in [3.8, 4) is 0 Å². The van der Waals surface area contributed by atoms with Gasteiger partial charge in [-0.1, -0.05) is 44.2 Å². The first kappa shape index (κ1) is 9.70. The molecule has 0 aliphatic heterocycles. The molecule has 0 atom stereocenters. The summed E-state index contributed by atoms with van der Waals surface area (Å²) in [6.07, 6.45) is 0. The summed E-state index contributed by atoms with van der Waals surface area (Å²) >= 11 is 0. The van der Waals surface area contributed by atoms with Gasteiger partial charge < -0.3 is 0 Å². The van der Waals surface area contributed by atoms with Gasteiger partial charge in [-0.2, -0.15) is 0 Å². The van der Waals surface area contributed by atoms with E-state index in [4.69, 9.17) is 0 Å². The summed E-state index contributed by atoms with van der Waals surface area (Å²) in [6, 6.07) is 10.5. The maximum absolute atomic E-state index is 2.20. The van der Waals surface area contributed by atoms with E-state index in [1.165, 1.54) is 5.56 Å². The molecule has 0 spiro atoms. The molecule has 0 aromatic heterocycles. The van der Waals surface area contributed by atoms with Gasteiger partial charge in [0.05, 0.1) is 0 Å². The minimum atomic E-state index is 0. The second-order valence-corrected chi connectivity index (χ2v) is 2.57. The molecule has 0 nitrogen and oxygen atoms in total. The molecular formula is C9H13Br. The Hall–Kier alpha value is -0.300. The maximum atomic E-state index is 2.20. The summed E-state index contributed by atoms with van der Waals surface area (Å²) in [4.78, 5) is 0. The van der Waals surface area contributed by atoms with Gasteiger partial charge in [-0.05, 0) is 11.5 Å². The van der Waals surface area contributed by atoms with E-state index in [1.807, 2.05) is 6.07 Å². The van der Waals surface area contributed by atoms with Crippen LogP contribution in [0.5, 0.6) is 0 Å². The molecule has 56 valence electrons. The van der Waals surface area contributed by atoms with Crippen molar-refractivity contribution in [2.24, 2.45) is 0 Å². The molecule has 0 saturated heterocycles. The Balaban J connectivity index is 0.000000810. The van der Waals surface area contributed by atoms with Crippen molar-refractivity contribution in [3.63, 3.8) is 0 Å². The Bertz CT molecular complexity index is 167. The highest BCUT2D eigenvalue weighted by atomic mass is 79.9. The highest BCUT2D eigenvalue weighted by molar-refractivity contribution is 8.93. The van der Waals surface area contributed by atoms with E-state index in [1.54, 1.807) is 0 Å². The first-order valence-electron chi connectivity index (χ1n) is 3.35. The van der Waals surface area contributed by atoms with Gasteiger partial charge in [-0.15, -0.1) is 17.0 Å². The van der Waals surface area contributed by atoms with Crippen LogP contribution < -0.4 is 0 Å². The Morgan fingerprint density at radius 2 is 1.50 bits per heavy atom. The van der Waals surface area contributed by atoms with Gasteiger partial charge in [0.1, 0.15) is 0 Å². The molecule has 0 saturated carbocycles. The topological polar surface area (TPSA) is 0 Å². The Morgan fingerprint density at radius 1 is 1.00 bits per heavy atom. The molecule has 1 heteroatoms. The van der Waals surface area contributed by atoms with Gasteiger partial charge in [-0.25, -0.2) is 0 Å². The van der Waals surface area contributed by atoms with E-state index in [2.05, 4.69) is 38.1 Å². The SMILES string of the molecule is Br.CC(C)c1ccccc1. The number of halogens is 1. The molecule has 0 fully saturated rings. The first-order chi connectivity index (χ1) is 4.30. The second-order valence-electron chi connectivity index (χ2n) is 2.57. The lowest BCUT2D eigenvalue weighted by atomic mass is 10.0. The minimum Gasteiger partial charge on any atom is -0.114 e. The van der Waals surface area contributed by atoms with Gasteiger partial charge in [0.2, 0.25) is 0 Å². The van der Waals surface area contributed by atoms with Crippen LogP contribution in [-0.2, 0) is 0 Å². The molecule has 10 heavy (non-hydrogen) atoms. The van der Waals surface area contributed by atoms with Crippen molar-refractivity contribution in [1.29, 1.82) is 0 Å². The molecule has 1 rings (SSSR count). The van der Waals surface area contributed by atoms with E-state index in [0.29, 0.717) is 5.92 Å². The fourth-order valence-corrected chi connectivity index (χ4v) is 0.838. The van der Waals surface area contributed by atoms with Crippen LogP contribution in [0.4, 0.5) is 0 Å². The molecule has 0 radical (unpaired) electrons. The van der Waals surface area contributed by atoms with Crippen molar-refractivity contribution >= 4 is 17.0 Å². The number of hydrogen-bond acceptors (Lipinski definition) is 0. The van der Waals surface area contributed by atoms with Crippen LogP contribution in [0, 0.1) is 0 Å². The molecule has 0 unspecified atom stereocenters. The summed E-state index contributed by atoms with van der Waals surface area (Å²) in [5.74, 6) is 0.659. The molecule has 0 N–H and O–H groups in total. The molecule has 0 aliphatic rings. The van der Waals surface area contributed by atoms with Crippen LogP contribution in [0.15, 0.2) is 30.3 Å². The second kappa shape index (κ2) is 4.51. The highest BCUT2D eigenvalue weighted by Crippen LogP contribution is 2.11. The molecular weight excluding hydrogens is 188 g/mol. The maximum Gasteiger partial charge on any atom is -0.0219 e. The predicted octanol–water partition coefficient (Wildman–Crippen LogP) is 3.39. The smallest absolute Gasteiger partial charge is 0.0219 e. The monoisotopic (exact) mass is 200 g/mol. The predicted molar refractivity (Wildman–Crippen MR) is 50.9 cm³/mol. The fourth-order valence-electron chi connectivity index (χ4n) is 0.838. The average Bonchev–Trinajstić information content (AvgIpc) is 1.90. The molecule has 0 amide bonds. The first-order valence-corrected chi connectivity index (χ1v) is 3.35. The van der Waals surface area contributed by atoms with Crippen molar-refractivity contribution in [3.05, 3.63) is 35.9 Å².